The lowest BCUT2D eigenvalue weighted by Crippen LogP contribution is -1.98. The van der Waals surface area contributed by atoms with Gasteiger partial charge in [-0.25, -0.2) is 4.98 Å². The van der Waals surface area contributed by atoms with E-state index in [1.165, 1.54) is 6.20 Å². The molecule has 0 bridgehead atoms. The third-order valence-corrected chi connectivity index (χ3v) is 3.02. The van der Waals surface area contributed by atoms with Gasteiger partial charge in [-0.1, -0.05) is 27.5 Å². The second kappa shape index (κ2) is 5.53. The highest BCUT2D eigenvalue weighted by molar-refractivity contribution is 9.10. The summed E-state index contributed by atoms with van der Waals surface area (Å²) in [6, 6.07) is 7.32. The van der Waals surface area contributed by atoms with Crippen LogP contribution in [-0.2, 0) is 0 Å². The van der Waals surface area contributed by atoms with Crippen molar-refractivity contribution in [2.45, 2.75) is 0 Å². The van der Waals surface area contributed by atoms with Crippen molar-refractivity contribution in [1.82, 2.24) is 9.97 Å². The van der Waals surface area contributed by atoms with E-state index in [0.29, 0.717) is 22.1 Å². The number of nitrogens with one attached hydrogen (secondary N) is 1. The smallest absolute Gasteiger partial charge is 0.224 e. The van der Waals surface area contributed by atoms with E-state index in [4.69, 9.17) is 28.5 Å². The van der Waals surface area contributed by atoms with Crippen molar-refractivity contribution in [2.75, 3.05) is 5.32 Å². The second-order valence-electron chi connectivity index (χ2n) is 3.26. The Kier molecular flexibility index (Phi) is 4.02. The maximum Gasteiger partial charge on any atom is 0.224 e. The summed E-state index contributed by atoms with van der Waals surface area (Å²) >= 11 is 14.9. The summed E-state index contributed by atoms with van der Waals surface area (Å²) < 4.78 is 0.816. The summed E-state index contributed by atoms with van der Waals surface area (Å²) in [7, 11) is 0. The molecule has 0 atom stereocenters. The summed E-state index contributed by atoms with van der Waals surface area (Å²) in [6.07, 6.45) is 1.39. The van der Waals surface area contributed by atoms with Crippen LogP contribution >= 0.6 is 39.1 Å². The van der Waals surface area contributed by atoms with Crippen LogP contribution in [0.25, 0.3) is 0 Å². The molecule has 0 fully saturated rings. The molecule has 18 heavy (non-hydrogen) atoms. The first-order valence-corrected chi connectivity index (χ1v) is 6.30. The van der Waals surface area contributed by atoms with Gasteiger partial charge in [0.1, 0.15) is 11.1 Å². The van der Waals surface area contributed by atoms with Crippen LogP contribution in [0.5, 0.6) is 0 Å². The van der Waals surface area contributed by atoms with Crippen LogP contribution in [0, 0.1) is 11.3 Å². The van der Waals surface area contributed by atoms with Crippen LogP contribution in [0.15, 0.2) is 28.9 Å². The Morgan fingerprint density at radius 2 is 2.11 bits per heavy atom. The third kappa shape index (κ3) is 2.91. The Balaban J connectivity index is 2.40. The average molecular weight is 344 g/mol. The fourth-order valence-corrected chi connectivity index (χ4v) is 1.91. The van der Waals surface area contributed by atoms with Gasteiger partial charge in [0.2, 0.25) is 5.28 Å². The number of hydrogen-bond donors (Lipinski definition) is 1. The molecular formula is C11H5BrCl2N4. The summed E-state index contributed by atoms with van der Waals surface area (Å²) in [5.74, 6) is 0.357. The van der Waals surface area contributed by atoms with Gasteiger partial charge in [-0.2, -0.15) is 10.2 Å². The molecule has 1 aromatic heterocycles. The van der Waals surface area contributed by atoms with Gasteiger partial charge >= 0.3 is 0 Å². The van der Waals surface area contributed by atoms with Crippen molar-refractivity contribution in [3.8, 4) is 6.07 Å². The molecule has 0 radical (unpaired) electrons. The molecule has 0 saturated heterocycles. The Bertz CT molecular complexity index is 639. The Morgan fingerprint density at radius 3 is 2.83 bits per heavy atom. The molecule has 0 unspecified atom stereocenters. The first-order valence-electron chi connectivity index (χ1n) is 4.75. The van der Waals surface area contributed by atoms with Crippen LogP contribution in [0.2, 0.25) is 10.3 Å². The molecule has 90 valence electrons. The van der Waals surface area contributed by atoms with Crippen LogP contribution in [0.4, 0.5) is 11.5 Å². The number of benzene rings is 1. The lowest BCUT2D eigenvalue weighted by molar-refractivity contribution is 1.17. The van der Waals surface area contributed by atoms with E-state index < -0.39 is 0 Å². The van der Waals surface area contributed by atoms with Gasteiger partial charge < -0.3 is 5.32 Å². The van der Waals surface area contributed by atoms with Gasteiger partial charge in [0.25, 0.3) is 0 Å². The molecule has 7 heteroatoms. The van der Waals surface area contributed by atoms with Crippen molar-refractivity contribution in [1.29, 1.82) is 5.26 Å². The zero-order valence-corrected chi connectivity index (χ0v) is 11.9. The minimum atomic E-state index is 0.0810. The number of aromatic nitrogens is 2. The molecule has 0 aliphatic carbocycles. The van der Waals surface area contributed by atoms with Gasteiger partial charge in [0, 0.05) is 4.47 Å². The first kappa shape index (κ1) is 13.1. The summed E-state index contributed by atoms with van der Waals surface area (Å²) in [5.41, 5.74) is 1.06. The zero-order valence-electron chi connectivity index (χ0n) is 8.78. The Morgan fingerprint density at radius 1 is 1.33 bits per heavy atom. The van der Waals surface area contributed by atoms with Gasteiger partial charge in [-0.3, -0.25) is 0 Å². The SMILES string of the molecule is N#Cc1cc(Br)ccc1Nc1nc(Cl)ncc1Cl. The van der Waals surface area contributed by atoms with Crippen LogP contribution in [-0.4, -0.2) is 9.97 Å². The number of anilines is 2. The highest BCUT2D eigenvalue weighted by Crippen LogP contribution is 2.27. The minimum absolute atomic E-state index is 0.0810. The predicted molar refractivity (Wildman–Crippen MR) is 74.2 cm³/mol. The van der Waals surface area contributed by atoms with Crippen molar-refractivity contribution in [3.63, 3.8) is 0 Å². The van der Waals surface area contributed by atoms with Crippen LogP contribution < -0.4 is 5.32 Å². The monoisotopic (exact) mass is 342 g/mol. The fraction of sp³-hybridized carbons (Fsp3) is 0. The second-order valence-corrected chi connectivity index (χ2v) is 4.92. The molecule has 0 aliphatic rings. The highest BCUT2D eigenvalue weighted by Gasteiger charge is 2.08. The predicted octanol–water partition coefficient (Wildman–Crippen LogP) is 4.16. The molecule has 1 heterocycles. The van der Waals surface area contributed by atoms with Gasteiger partial charge in [0.05, 0.1) is 17.4 Å². The fourth-order valence-electron chi connectivity index (χ4n) is 1.28. The number of halogens is 3. The maximum absolute atomic E-state index is 9.04. The van der Waals surface area contributed by atoms with Gasteiger partial charge in [-0.15, -0.1) is 0 Å². The van der Waals surface area contributed by atoms with E-state index in [0.717, 1.165) is 4.47 Å². The molecule has 0 saturated carbocycles. The maximum atomic E-state index is 9.04. The number of nitriles is 1. The van der Waals surface area contributed by atoms with E-state index in [1.807, 2.05) is 0 Å². The molecule has 0 aliphatic heterocycles. The van der Waals surface area contributed by atoms with Gasteiger partial charge in [-0.05, 0) is 29.8 Å². The summed E-state index contributed by atoms with van der Waals surface area (Å²) in [4.78, 5) is 7.70. The van der Waals surface area contributed by atoms with E-state index in [9.17, 15) is 0 Å². The molecule has 2 rings (SSSR count). The molecule has 2 aromatic rings. The zero-order chi connectivity index (χ0) is 13.1. The lowest BCUT2D eigenvalue weighted by Gasteiger charge is -2.09. The minimum Gasteiger partial charge on any atom is -0.338 e. The van der Waals surface area contributed by atoms with Crippen LogP contribution in [0.3, 0.4) is 0 Å². The van der Waals surface area contributed by atoms with E-state index in [1.54, 1.807) is 18.2 Å². The largest absolute Gasteiger partial charge is 0.338 e. The Labute approximate surface area is 122 Å². The van der Waals surface area contributed by atoms with Crippen LogP contribution in [0.1, 0.15) is 5.56 Å². The Hall–Kier alpha value is -1.35. The quantitative estimate of drug-likeness (QED) is 0.831. The average Bonchev–Trinajstić information content (AvgIpc) is 2.36. The first-order chi connectivity index (χ1) is 8.60. The number of nitrogens with zero attached hydrogens (tertiary/aromatic N) is 3. The summed E-state index contributed by atoms with van der Waals surface area (Å²) in [6.45, 7) is 0. The standard InChI is InChI=1S/C11H5BrCl2N4/c12-7-1-2-9(6(3-7)4-15)17-10-8(13)5-16-11(14)18-10/h1-3,5H,(H,16,17,18). The number of hydrogen-bond acceptors (Lipinski definition) is 4. The van der Waals surface area contributed by atoms with E-state index >= 15 is 0 Å². The van der Waals surface area contributed by atoms with E-state index in [-0.39, 0.29) is 5.28 Å². The number of rotatable bonds is 2. The molecule has 0 spiro atoms. The summed E-state index contributed by atoms with van der Waals surface area (Å²) in [5, 5.41) is 12.4. The molecular weight excluding hydrogens is 339 g/mol. The highest BCUT2D eigenvalue weighted by atomic mass is 79.9. The molecule has 1 N–H and O–H groups in total. The lowest BCUT2D eigenvalue weighted by atomic mass is 10.2. The van der Waals surface area contributed by atoms with E-state index in [2.05, 4.69) is 37.3 Å². The third-order valence-electron chi connectivity index (χ3n) is 2.07. The van der Waals surface area contributed by atoms with Crippen molar-refractivity contribution in [2.24, 2.45) is 0 Å². The molecule has 4 nitrogen and oxygen atoms in total. The normalized spacial score (nSPS) is 9.89. The van der Waals surface area contributed by atoms with Crippen molar-refractivity contribution >= 4 is 50.6 Å². The topological polar surface area (TPSA) is 61.6 Å². The molecule has 0 amide bonds. The van der Waals surface area contributed by atoms with Crippen molar-refractivity contribution in [3.05, 3.63) is 44.7 Å². The van der Waals surface area contributed by atoms with Crippen molar-refractivity contribution < 1.29 is 0 Å². The molecule has 1 aromatic carbocycles. The van der Waals surface area contributed by atoms with Gasteiger partial charge in [0.15, 0.2) is 5.82 Å².